The smallest absolute Gasteiger partial charge is 0.320 e. The highest BCUT2D eigenvalue weighted by Crippen LogP contribution is 2.45. The van der Waals surface area contributed by atoms with Crippen LogP contribution in [0.15, 0.2) is 48.5 Å². The van der Waals surface area contributed by atoms with Crippen molar-refractivity contribution in [1.82, 2.24) is 34.7 Å². The Morgan fingerprint density at radius 1 is 1.11 bits per heavy atom. The summed E-state index contributed by atoms with van der Waals surface area (Å²) in [7, 11) is 0. The molecule has 36 heavy (non-hydrogen) atoms. The average Bonchev–Trinajstić information content (AvgIpc) is 3.22. The highest BCUT2D eigenvalue weighted by molar-refractivity contribution is 7.17. The van der Waals surface area contributed by atoms with Crippen molar-refractivity contribution in [3.05, 3.63) is 70.5 Å². The Bertz CT molecular complexity index is 1610. The first-order valence-corrected chi connectivity index (χ1v) is 11.9. The van der Waals surface area contributed by atoms with Crippen molar-refractivity contribution < 1.29 is 18.0 Å². The van der Waals surface area contributed by atoms with Gasteiger partial charge in [0, 0.05) is 11.3 Å². The fraction of sp³-hybridized carbons (Fsp3) is 0.182. The number of hydrogen-bond donors (Lipinski definition) is 1. The molecular formula is C22H14ClF3N8OS. The van der Waals surface area contributed by atoms with E-state index in [2.05, 4.69) is 30.6 Å². The van der Waals surface area contributed by atoms with Crippen LogP contribution in [-0.2, 0) is 6.18 Å². The molecule has 0 aliphatic heterocycles. The molecule has 5 heterocycles. The van der Waals surface area contributed by atoms with Gasteiger partial charge in [0.05, 0.1) is 63.3 Å². The van der Waals surface area contributed by atoms with E-state index in [0.29, 0.717) is 11.3 Å². The number of amides is 1. The maximum absolute atomic E-state index is 14.2. The normalized spacial score (nSPS) is 13.9. The van der Waals surface area contributed by atoms with E-state index in [9.17, 15) is 18.0 Å². The second kappa shape index (κ2) is 8.38. The molecule has 0 atom stereocenters. The van der Waals surface area contributed by atoms with E-state index in [-0.39, 0.29) is 22.2 Å². The molecule has 1 N–H and O–H groups in total. The number of pyridine rings is 2. The molecule has 0 bridgehead atoms. The van der Waals surface area contributed by atoms with Crippen LogP contribution < -0.4 is 5.32 Å². The standard InChI is InChI=1S/C22H14ClF3N8OS/c23-15-7-12(8-28-20(15)34-29-4-5-30-34)32-21(35)14-9-31-33(19(14)22(24,25)26)16-10-27-17(11-1-2-11)18-13(16)3-6-36-18/h3-11H,1-2H2,(H,32,35). The van der Waals surface area contributed by atoms with Crippen LogP contribution in [0.25, 0.3) is 21.6 Å². The number of nitrogens with one attached hydrogen (secondary N) is 1. The molecule has 0 radical (unpaired) electrons. The van der Waals surface area contributed by atoms with Gasteiger partial charge in [0.25, 0.3) is 5.91 Å². The fourth-order valence-electron chi connectivity index (χ4n) is 3.92. The highest BCUT2D eigenvalue weighted by Gasteiger charge is 2.41. The third kappa shape index (κ3) is 3.89. The number of hydrogen-bond acceptors (Lipinski definition) is 7. The van der Waals surface area contributed by atoms with E-state index in [0.717, 1.165) is 34.1 Å². The minimum atomic E-state index is -4.87. The van der Waals surface area contributed by atoms with E-state index in [4.69, 9.17) is 11.6 Å². The van der Waals surface area contributed by atoms with Crippen LogP contribution in [0.3, 0.4) is 0 Å². The Kier molecular flexibility index (Phi) is 5.26. The zero-order valence-corrected chi connectivity index (χ0v) is 19.6. The van der Waals surface area contributed by atoms with Crippen molar-refractivity contribution >= 4 is 44.6 Å². The van der Waals surface area contributed by atoms with Gasteiger partial charge in [-0.25, -0.2) is 9.67 Å². The number of anilines is 1. The molecule has 1 aliphatic carbocycles. The van der Waals surface area contributed by atoms with Gasteiger partial charge in [0.1, 0.15) is 0 Å². The summed E-state index contributed by atoms with van der Waals surface area (Å²) in [5.74, 6) is -0.483. The van der Waals surface area contributed by atoms with Gasteiger partial charge in [-0.2, -0.15) is 28.5 Å². The van der Waals surface area contributed by atoms with Gasteiger partial charge in [-0.15, -0.1) is 16.1 Å². The zero-order chi connectivity index (χ0) is 25.0. The van der Waals surface area contributed by atoms with Crippen molar-refractivity contribution in [3.63, 3.8) is 0 Å². The first-order valence-electron chi connectivity index (χ1n) is 10.7. The summed E-state index contributed by atoms with van der Waals surface area (Å²) >= 11 is 7.63. The van der Waals surface area contributed by atoms with Crippen molar-refractivity contribution in [2.45, 2.75) is 24.9 Å². The maximum Gasteiger partial charge on any atom is 0.434 e. The lowest BCUT2D eigenvalue weighted by molar-refractivity contribution is -0.143. The second-order valence-corrected chi connectivity index (χ2v) is 9.41. The van der Waals surface area contributed by atoms with Gasteiger partial charge in [-0.3, -0.25) is 9.78 Å². The third-order valence-electron chi connectivity index (χ3n) is 5.66. The first-order chi connectivity index (χ1) is 17.3. The molecule has 0 spiro atoms. The van der Waals surface area contributed by atoms with E-state index in [1.54, 1.807) is 6.07 Å². The summed E-state index contributed by atoms with van der Waals surface area (Å²) < 4.78 is 44.3. The Hall–Kier alpha value is -3.84. The summed E-state index contributed by atoms with van der Waals surface area (Å²) in [6.45, 7) is 0. The van der Waals surface area contributed by atoms with Crippen molar-refractivity contribution in [2.75, 3.05) is 5.32 Å². The average molecular weight is 531 g/mol. The predicted octanol–water partition coefficient (Wildman–Crippen LogP) is 5.26. The molecule has 9 nitrogen and oxygen atoms in total. The Balaban J connectivity index is 1.37. The van der Waals surface area contributed by atoms with Crippen molar-refractivity contribution in [3.8, 4) is 11.5 Å². The van der Waals surface area contributed by atoms with Gasteiger partial charge in [0.2, 0.25) is 0 Å². The molecular weight excluding hydrogens is 517 g/mol. The number of rotatable bonds is 5. The van der Waals surface area contributed by atoms with Crippen LogP contribution in [0.2, 0.25) is 5.02 Å². The molecule has 6 rings (SSSR count). The second-order valence-electron chi connectivity index (χ2n) is 8.08. The molecule has 0 aromatic carbocycles. The molecule has 0 unspecified atom stereocenters. The quantitative estimate of drug-likeness (QED) is 0.332. The van der Waals surface area contributed by atoms with Crippen LogP contribution in [0, 0.1) is 0 Å². The van der Waals surface area contributed by atoms with Crippen molar-refractivity contribution in [1.29, 1.82) is 0 Å². The van der Waals surface area contributed by atoms with E-state index < -0.39 is 23.3 Å². The van der Waals surface area contributed by atoms with E-state index >= 15 is 0 Å². The van der Waals surface area contributed by atoms with E-state index in [1.165, 1.54) is 47.0 Å². The number of fused-ring (bicyclic) bond motifs is 1. The number of thiophene rings is 1. The Morgan fingerprint density at radius 2 is 1.89 bits per heavy atom. The van der Waals surface area contributed by atoms with Crippen molar-refractivity contribution in [2.24, 2.45) is 0 Å². The molecule has 182 valence electrons. The summed E-state index contributed by atoms with van der Waals surface area (Å²) in [5.41, 5.74) is -0.711. The molecule has 5 aromatic rings. The number of halogens is 4. The third-order valence-corrected chi connectivity index (χ3v) is 6.88. The lowest BCUT2D eigenvalue weighted by Gasteiger charge is -2.14. The zero-order valence-electron chi connectivity index (χ0n) is 18.1. The molecule has 14 heteroatoms. The summed E-state index contributed by atoms with van der Waals surface area (Å²) in [6, 6.07) is 3.09. The van der Waals surface area contributed by atoms with Crippen LogP contribution in [-0.4, -0.2) is 40.6 Å². The Morgan fingerprint density at radius 3 is 2.58 bits per heavy atom. The summed E-state index contributed by atoms with van der Waals surface area (Å²) in [4.78, 5) is 22.6. The molecule has 5 aromatic heterocycles. The SMILES string of the molecule is O=C(Nc1cnc(-n2nccn2)c(Cl)c1)c1cnn(-c2cnc(C3CC3)c3sccc23)c1C(F)(F)F. The van der Waals surface area contributed by atoms with Crippen LogP contribution in [0.1, 0.15) is 40.5 Å². The molecule has 1 amide bonds. The lowest BCUT2D eigenvalue weighted by atomic mass is 10.1. The predicted molar refractivity (Wildman–Crippen MR) is 126 cm³/mol. The topological polar surface area (TPSA) is 103 Å². The van der Waals surface area contributed by atoms with Gasteiger partial charge < -0.3 is 5.32 Å². The van der Waals surface area contributed by atoms with Gasteiger partial charge >= 0.3 is 6.18 Å². The van der Waals surface area contributed by atoms with Crippen LogP contribution in [0.5, 0.6) is 0 Å². The van der Waals surface area contributed by atoms with Gasteiger partial charge in [-0.1, -0.05) is 11.6 Å². The highest BCUT2D eigenvalue weighted by atomic mass is 35.5. The van der Waals surface area contributed by atoms with Crippen LogP contribution in [0.4, 0.5) is 18.9 Å². The number of alkyl halides is 3. The maximum atomic E-state index is 14.2. The van der Waals surface area contributed by atoms with E-state index in [1.807, 2.05) is 5.38 Å². The minimum absolute atomic E-state index is 0.0948. The number of aromatic nitrogens is 7. The molecule has 1 saturated carbocycles. The molecule has 1 aliphatic rings. The Labute approximate surface area is 209 Å². The number of carbonyl (C=O) groups excluding carboxylic acids is 1. The van der Waals surface area contributed by atoms with Crippen LogP contribution >= 0.6 is 22.9 Å². The number of carbonyl (C=O) groups is 1. The number of nitrogens with zero attached hydrogens (tertiary/aromatic N) is 7. The largest absolute Gasteiger partial charge is 0.434 e. The summed E-state index contributed by atoms with van der Waals surface area (Å²) in [6.07, 6.45) is 3.54. The van der Waals surface area contributed by atoms with Gasteiger partial charge in [-0.05, 0) is 30.4 Å². The first kappa shape index (κ1) is 22.6. The monoisotopic (exact) mass is 530 g/mol. The fourth-order valence-corrected chi connectivity index (χ4v) is 5.15. The summed E-state index contributed by atoms with van der Waals surface area (Å²) in [5, 5.41) is 16.7. The minimum Gasteiger partial charge on any atom is -0.320 e. The molecule has 1 fully saturated rings. The lowest BCUT2D eigenvalue weighted by Crippen LogP contribution is -2.21. The molecule has 0 saturated heterocycles. The van der Waals surface area contributed by atoms with Gasteiger partial charge in [0.15, 0.2) is 11.5 Å².